The normalized spacial score (nSPS) is 14.6. The molecule has 0 aliphatic rings. The minimum atomic E-state index is -4.80. The Balaban J connectivity index is 3.41. The molecule has 6 nitrogen and oxygen atoms in total. The molecule has 0 saturated carbocycles. The lowest BCUT2D eigenvalue weighted by Gasteiger charge is -2.12. The number of hydrogen-bond donors (Lipinski definition) is 1. The third-order valence-electron chi connectivity index (χ3n) is 1.84. The summed E-state index contributed by atoms with van der Waals surface area (Å²) in [5.41, 5.74) is -0.0770. The van der Waals surface area contributed by atoms with E-state index in [1.807, 2.05) is 0 Å². The van der Waals surface area contributed by atoms with Gasteiger partial charge in [0.25, 0.3) is 20.2 Å². The minimum Gasteiger partial charge on any atom is -0.284 e. The first-order chi connectivity index (χ1) is 7.29. The molecule has 0 amide bonds. The maximum Gasteiger partial charge on any atom is 0.291 e. The average Bonchev–Trinajstić information content (AvgIpc) is 2.17. The van der Waals surface area contributed by atoms with Gasteiger partial charge in [-0.3, -0.25) is 8.74 Å². The van der Waals surface area contributed by atoms with Crippen molar-refractivity contribution in [2.24, 2.45) is 0 Å². The SMILES string of the molecule is COS(=O)(=O)C(c1ccccc1)S(=O)(=O)O. The van der Waals surface area contributed by atoms with E-state index in [4.69, 9.17) is 4.55 Å². The molecule has 1 N–H and O–H groups in total. The third-order valence-corrected chi connectivity index (χ3v) is 5.35. The van der Waals surface area contributed by atoms with Crippen molar-refractivity contribution in [1.82, 2.24) is 0 Å². The highest BCUT2D eigenvalue weighted by molar-refractivity contribution is 8.03. The summed E-state index contributed by atoms with van der Waals surface area (Å²) in [5.74, 6) is 0. The molecular weight excluding hydrogens is 256 g/mol. The fraction of sp³-hybridized carbons (Fsp3) is 0.250. The maximum absolute atomic E-state index is 11.4. The van der Waals surface area contributed by atoms with Gasteiger partial charge in [-0.1, -0.05) is 30.3 Å². The second-order valence-corrected chi connectivity index (χ2v) is 6.51. The summed E-state index contributed by atoms with van der Waals surface area (Å²) in [6.07, 6.45) is 0. The van der Waals surface area contributed by atoms with Crippen molar-refractivity contribution in [3.8, 4) is 0 Å². The second-order valence-electron chi connectivity index (χ2n) is 2.92. The molecule has 0 aliphatic carbocycles. The molecule has 1 aromatic rings. The van der Waals surface area contributed by atoms with E-state index in [1.54, 1.807) is 6.07 Å². The molecule has 90 valence electrons. The van der Waals surface area contributed by atoms with Gasteiger partial charge in [0.05, 0.1) is 7.11 Å². The molecule has 0 spiro atoms. The van der Waals surface area contributed by atoms with Crippen molar-refractivity contribution in [2.45, 2.75) is 4.58 Å². The van der Waals surface area contributed by atoms with E-state index in [2.05, 4.69) is 4.18 Å². The molecule has 0 heterocycles. The van der Waals surface area contributed by atoms with Crippen LogP contribution >= 0.6 is 0 Å². The average molecular weight is 266 g/mol. The molecule has 0 aromatic heterocycles. The largest absolute Gasteiger partial charge is 0.291 e. The summed E-state index contributed by atoms with van der Waals surface area (Å²) in [6, 6.07) is 7.05. The molecule has 16 heavy (non-hydrogen) atoms. The van der Waals surface area contributed by atoms with E-state index in [-0.39, 0.29) is 5.56 Å². The van der Waals surface area contributed by atoms with Crippen LogP contribution in [0.15, 0.2) is 30.3 Å². The van der Waals surface area contributed by atoms with Crippen LogP contribution in [0.1, 0.15) is 10.1 Å². The van der Waals surface area contributed by atoms with Gasteiger partial charge in [0.15, 0.2) is 0 Å². The Labute approximate surface area is 93.7 Å². The van der Waals surface area contributed by atoms with Gasteiger partial charge in [0.1, 0.15) is 0 Å². The molecule has 1 unspecified atom stereocenters. The molecule has 1 aromatic carbocycles. The molecule has 1 atom stereocenters. The van der Waals surface area contributed by atoms with Crippen molar-refractivity contribution in [3.63, 3.8) is 0 Å². The lowest BCUT2D eigenvalue weighted by Crippen LogP contribution is -2.23. The zero-order valence-corrected chi connectivity index (χ0v) is 9.90. The molecule has 0 radical (unpaired) electrons. The summed E-state index contributed by atoms with van der Waals surface area (Å²) >= 11 is 0. The highest BCUT2D eigenvalue weighted by atomic mass is 32.3. The van der Waals surface area contributed by atoms with Gasteiger partial charge in [-0.25, -0.2) is 0 Å². The third kappa shape index (κ3) is 2.79. The van der Waals surface area contributed by atoms with Crippen molar-refractivity contribution < 1.29 is 25.6 Å². The minimum absolute atomic E-state index is 0.0770. The van der Waals surface area contributed by atoms with Crippen LogP contribution in [0.25, 0.3) is 0 Å². The van der Waals surface area contributed by atoms with Crippen LogP contribution in [0.4, 0.5) is 0 Å². The molecule has 0 bridgehead atoms. The first kappa shape index (κ1) is 13.1. The van der Waals surface area contributed by atoms with E-state index in [0.29, 0.717) is 0 Å². The zero-order chi connectivity index (χ0) is 12.4. The molecule has 8 heteroatoms. The van der Waals surface area contributed by atoms with E-state index < -0.39 is 24.8 Å². The van der Waals surface area contributed by atoms with E-state index in [1.165, 1.54) is 24.3 Å². The number of hydrogen-bond acceptors (Lipinski definition) is 5. The maximum atomic E-state index is 11.4. The van der Waals surface area contributed by atoms with Gasteiger partial charge in [0, 0.05) is 0 Å². The van der Waals surface area contributed by atoms with Crippen LogP contribution in [0.3, 0.4) is 0 Å². The van der Waals surface area contributed by atoms with E-state index >= 15 is 0 Å². The predicted molar refractivity (Wildman–Crippen MR) is 56.7 cm³/mol. The number of rotatable bonds is 4. The first-order valence-electron chi connectivity index (χ1n) is 4.09. The van der Waals surface area contributed by atoms with Gasteiger partial charge >= 0.3 is 0 Å². The quantitative estimate of drug-likeness (QED) is 0.631. The summed E-state index contributed by atoms with van der Waals surface area (Å²) in [6.45, 7) is 0. The van der Waals surface area contributed by atoms with Crippen LogP contribution in [-0.4, -0.2) is 28.5 Å². The lowest BCUT2D eigenvalue weighted by molar-refractivity contribution is 0.391. The van der Waals surface area contributed by atoms with Gasteiger partial charge in [-0.2, -0.15) is 16.8 Å². The summed E-state index contributed by atoms with van der Waals surface area (Å²) < 4.78 is 55.7. The Bertz CT molecular complexity index is 545. The van der Waals surface area contributed by atoms with Crippen molar-refractivity contribution in [2.75, 3.05) is 7.11 Å². The topological polar surface area (TPSA) is 97.7 Å². The van der Waals surface area contributed by atoms with Crippen LogP contribution in [0.5, 0.6) is 0 Å². The van der Waals surface area contributed by atoms with Crippen LogP contribution in [-0.2, 0) is 24.4 Å². The Hall–Kier alpha value is -0.960. The van der Waals surface area contributed by atoms with Crippen LogP contribution in [0.2, 0.25) is 0 Å². The monoisotopic (exact) mass is 266 g/mol. The van der Waals surface area contributed by atoms with Crippen molar-refractivity contribution in [1.29, 1.82) is 0 Å². The van der Waals surface area contributed by atoms with Gasteiger partial charge < -0.3 is 0 Å². The summed E-state index contributed by atoms with van der Waals surface area (Å²) in [7, 11) is -8.38. The standard InChI is InChI=1S/C8H10O6S2/c1-14-16(12,13)8(15(9,10)11)7-5-3-2-4-6-7/h2-6,8H,1H3,(H,9,10,11). The van der Waals surface area contributed by atoms with E-state index in [9.17, 15) is 16.8 Å². The van der Waals surface area contributed by atoms with Crippen LogP contribution < -0.4 is 0 Å². The van der Waals surface area contributed by atoms with Crippen LogP contribution in [0, 0.1) is 0 Å². The smallest absolute Gasteiger partial charge is 0.284 e. The molecule has 0 aliphatic heterocycles. The fourth-order valence-corrected chi connectivity index (χ4v) is 3.78. The van der Waals surface area contributed by atoms with E-state index in [0.717, 1.165) is 7.11 Å². The Morgan fingerprint density at radius 3 is 2.00 bits per heavy atom. The fourth-order valence-electron chi connectivity index (χ4n) is 1.19. The second kappa shape index (κ2) is 4.50. The van der Waals surface area contributed by atoms with Gasteiger partial charge in [0.2, 0.25) is 4.58 Å². The highest BCUT2D eigenvalue weighted by Gasteiger charge is 2.38. The number of benzene rings is 1. The van der Waals surface area contributed by atoms with Crippen molar-refractivity contribution >= 4 is 20.2 Å². The lowest BCUT2D eigenvalue weighted by atomic mass is 10.2. The van der Waals surface area contributed by atoms with Gasteiger partial charge in [-0.15, -0.1) is 0 Å². The Morgan fingerprint density at radius 2 is 1.62 bits per heavy atom. The van der Waals surface area contributed by atoms with Crippen molar-refractivity contribution in [3.05, 3.63) is 35.9 Å². The molecule has 0 fully saturated rings. The highest BCUT2D eigenvalue weighted by Crippen LogP contribution is 2.28. The Kier molecular flexibility index (Phi) is 3.68. The summed E-state index contributed by atoms with van der Waals surface area (Å²) in [5, 5.41) is 0. The summed E-state index contributed by atoms with van der Waals surface area (Å²) in [4.78, 5) is 0. The molecule has 0 saturated heterocycles. The zero-order valence-electron chi connectivity index (χ0n) is 8.27. The molecule has 1 rings (SSSR count). The first-order valence-corrected chi connectivity index (χ1v) is 7.07. The predicted octanol–water partition coefficient (Wildman–Crippen LogP) is 0.549. The Morgan fingerprint density at radius 1 is 1.12 bits per heavy atom. The van der Waals surface area contributed by atoms with Gasteiger partial charge in [-0.05, 0) is 5.56 Å². The molecular formula is C8H10O6S2.